The summed E-state index contributed by atoms with van der Waals surface area (Å²) in [6.45, 7) is 4.76. The van der Waals surface area contributed by atoms with Crippen LogP contribution in [0.5, 0.6) is 0 Å². The number of nitro groups is 1. The van der Waals surface area contributed by atoms with E-state index in [1.165, 1.54) is 4.68 Å². The summed E-state index contributed by atoms with van der Waals surface area (Å²) in [7, 11) is 1.59. The molecule has 0 radical (unpaired) electrons. The van der Waals surface area contributed by atoms with Crippen molar-refractivity contribution in [2.75, 3.05) is 18.5 Å². The SMILES string of the molecule is CCC(CO)(CO)Nc1c([N+](=O)[O-])c(C(C)C)nn1C. The molecule has 0 atom stereocenters. The summed E-state index contributed by atoms with van der Waals surface area (Å²) in [6.07, 6.45) is 0.416. The number of aliphatic hydroxyl groups is 2. The van der Waals surface area contributed by atoms with Gasteiger partial charge in [0.1, 0.15) is 5.69 Å². The van der Waals surface area contributed by atoms with Gasteiger partial charge in [-0.1, -0.05) is 20.8 Å². The molecule has 20 heavy (non-hydrogen) atoms. The van der Waals surface area contributed by atoms with Gasteiger partial charge in [-0.25, -0.2) is 4.68 Å². The lowest BCUT2D eigenvalue weighted by Gasteiger charge is -2.30. The highest BCUT2D eigenvalue weighted by Gasteiger charge is 2.34. The Kier molecular flexibility index (Phi) is 5.07. The van der Waals surface area contributed by atoms with Crippen molar-refractivity contribution in [3.63, 3.8) is 0 Å². The predicted octanol–water partition coefficient (Wildman–Crippen LogP) is 0.997. The molecule has 1 heterocycles. The maximum Gasteiger partial charge on any atom is 0.334 e. The van der Waals surface area contributed by atoms with E-state index < -0.39 is 10.5 Å². The van der Waals surface area contributed by atoms with Crippen LogP contribution >= 0.6 is 0 Å². The normalized spacial score (nSPS) is 11.9. The van der Waals surface area contributed by atoms with Crippen LogP contribution in [0.1, 0.15) is 38.8 Å². The van der Waals surface area contributed by atoms with Gasteiger partial charge in [0.05, 0.1) is 23.7 Å². The van der Waals surface area contributed by atoms with Crippen LogP contribution in [0.4, 0.5) is 11.5 Å². The molecule has 114 valence electrons. The number of hydrogen-bond acceptors (Lipinski definition) is 6. The molecule has 0 bridgehead atoms. The van der Waals surface area contributed by atoms with Crippen LogP contribution in [-0.4, -0.2) is 43.7 Å². The second-order valence-electron chi connectivity index (χ2n) is 5.19. The van der Waals surface area contributed by atoms with Crippen molar-refractivity contribution in [3.05, 3.63) is 15.8 Å². The number of nitrogens with zero attached hydrogens (tertiary/aromatic N) is 3. The maximum absolute atomic E-state index is 11.3. The summed E-state index contributed by atoms with van der Waals surface area (Å²) in [5, 5.41) is 37.3. The van der Waals surface area contributed by atoms with E-state index in [9.17, 15) is 20.3 Å². The monoisotopic (exact) mass is 286 g/mol. The molecule has 0 unspecified atom stereocenters. The summed E-state index contributed by atoms with van der Waals surface area (Å²) in [5.74, 6) is 0.0973. The van der Waals surface area contributed by atoms with E-state index in [2.05, 4.69) is 10.4 Å². The minimum absolute atomic E-state index is 0.101. The molecule has 0 saturated carbocycles. The predicted molar refractivity (Wildman–Crippen MR) is 74.8 cm³/mol. The molecule has 8 nitrogen and oxygen atoms in total. The zero-order valence-corrected chi connectivity index (χ0v) is 12.3. The molecule has 0 aromatic carbocycles. The first kappa shape index (κ1) is 16.4. The lowest BCUT2D eigenvalue weighted by Crippen LogP contribution is -2.45. The van der Waals surface area contributed by atoms with Crippen LogP contribution in [0.25, 0.3) is 0 Å². The third-order valence-corrected chi connectivity index (χ3v) is 3.44. The Balaban J connectivity index is 3.34. The van der Waals surface area contributed by atoms with Gasteiger partial charge in [0.25, 0.3) is 0 Å². The number of anilines is 1. The Morgan fingerprint density at radius 1 is 1.45 bits per heavy atom. The first-order valence-electron chi connectivity index (χ1n) is 6.53. The van der Waals surface area contributed by atoms with E-state index >= 15 is 0 Å². The van der Waals surface area contributed by atoms with Gasteiger partial charge in [0, 0.05) is 13.0 Å². The van der Waals surface area contributed by atoms with Crippen molar-refractivity contribution in [2.24, 2.45) is 7.05 Å². The lowest BCUT2D eigenvalue weighted by molar-refractivity contribution is -0.384. The van der Waals surface area contributed by atoms with Crippen LogP contribution in [0.2, 0.25) is 0 Å². The van der Waals surface area contributed by atoms with Crippen LogP contribution in [-0.2, 0) is 7.05 Å². The van der Waals surface area contributed by atoms with Gasteiger partial charge < -0.3 is 15.5 Å². The second kappa shape index (κ2) is 6.19. The van der Waals surface area contributed by atoms with Crippen LogP contribution in [0, 0.1) is 10.1 Å². The van der Waals surface area contributed by atoms with Gasteiger partial charge in [0.15, 0.2) is 0 Å². The Hall–Kier alpha value is -1.67. The van der Waals surface area contributed by atoms with Gasteiger partial charge in [-0.3, -0.25) is 10.1 Å². The molecule has 3 N–H and O–H groups in total. The maximum atomic E-state index is 11.3. The fraction of sp³-hybridized carbons (Fsp3) is 0.750. The molecule has 0 aliphatic heterocycles. The van der Waals surface area contributed by atoms with Crippen LogP contribution < -0.4 is 5.32 Å². The number of aliphatic hydroxyl groups excluding tert-OH is 2. The molecule has 0 aliphatic carbocycles. The summed E-state index contributed by atoms with van der Waals surface area (Å²) in [4.78, 5) is 10.8. The van der Waals surface area contributed by atoms with Gasteiger partial charge in [0.2, 0.25) is 5.82 Å². The van der Waals surface area contributed by atoms with Gasteiger partial charge in [-0.2, -0.15) is 5.10 Å². The first-order valence-corrected chi connectivity index (χ1v) is 6.53. The zero-order valence-electron chi connectivity index (χ0n) is 12.3. The second-order valence-corrected chi connectivity index (χ2v) is 5.19. The average molecular weight is 286 g/mol. The standard InChI is InChI=1S/C12H22N4O4/c1-5-12(6-17,7-18)13-11-10(16(19)20)9(8(2)3)14-15(11)4/h8,13,17-18H,5-7H2,1-4H3. The highest BCUT2D eigenvalue weighted by molar-refractivity contribution is 5.61. The summed E-state index contributed by atoms with van der Waals surface area (Å²) >= 11 is 0. The number of rotatable bonds is 7. The molecule has 0 fully saturated rings. The molecule has 0 spiro atoms. The number of aromatic nitrogens is 2. The molecule has 1 aromatic rings. The topological polar surface area (TPSA) is 113 Å². The summed E-state index contributed by atoms with van der Waals surface area (Å²) in [5.41, 5.74) is -0.740. The van der Waals surface area contributed by atoms with E-state index in [1.807, 2.05) is 13.8 Å². The smallest absolute Gasteiger partial charge is 0.334 e. The molecular formula is C12H22N4O4. The molecular weight excluding hydrogens is 264 g/mol. The molecule has 8 heteroatoms. The fourth-order valence-electron chi connectivity index (χ4n) is 1.93. The number of hydrogen-bond donors (Lipinski definition) is 3. The zero-order chi connectivity index (χ0) is 15.5. The van der Waals surface area contributed by atoms with Crippen LogP contribution in [0.3, 0.4) is 0 Å². The first-order chi connectivity index (χ1) is 9.31. The van der Waals surface area contributed by atoms with Crippen molar-refractivity contribution in [3.8, 4) is 0 Å². The lowest BCUT2D eigenvalue weighted by atomic mass is 9.98. The van der Waals surface area contributed by atoms with E-state index in [-0.39, 0.29) is 30.6 Å². The van der Waals surface area contributed by atoms with Gasteiger partial charge in [-0.15, -0.1) is 0 Å². The minimum atomic E-state index is -1.01. The van der Waals surface area contributed by atoms with Crippen molar-refractivity contribution in [1.82, 2.24) is 9.78 Å². The highest BCUT2D eigenvalue weighted by Crippen LogP contribution is 2.34. The molecule has 0 saturated heterocycles. The third-order valence-electron chi connectivity index (χ3n) is 3.44. The highest BCUT2D eigenvalue weighted by atomic mass is 16.6. The minimum Gasteiger partial charge on any atom is -0.394 e. The molecule has 0 amide bonds. The Bertz CT molecular complexity index is 472. The molecule has 0 aliphatic rings. The number of aryl methyl sites for hydroxylation is 1. The van der Waals surface area contributed by atoms with E-state index in [0.29, 0.717) is 12.1 Å². The summed E-state index contributed by atoms with van der Waals surface area (Å²) < 4.78 is 1.38. The van der Waals surface area contributed by atoms with Crippen molar-refractivity contribution >= 4 is 11.5 Å². The van der Waals surface area contributed by atoms with Gasteiger partial charge in [-0.05, 0) is 6.42 Å². The third kappa shape index (κ3) is 2.91. The van der Waals surface area contributed by atoms with Gasteiger partial charge >= 0.3 is 5.69 Å². The Morgan fingerprint density at radius 2 is 2.00 bits per heavy atom. The van der Waals surface area contributed by atoms with Crippen molar-refractivity contribution in [2.45, 2.75) is 38.6 Å². The fourth-order valence-corrected chi connectivity index (χ4v) is 1.93. The Morgan fingerprint density at radius 3 is 2.35 bits per heavy atom. The quantitative estimate of drug-likeness (QED) is 0.509. The summed E-state index contributed by atoms with van der Waals surface area (Å²) in [6, 6.07) is 0. The number of nitrogens with one attached hydrogen (secondary N) is 1. The van der Waals surface area contributed by atoms with E-state index in [0.717, 1.165) is 0 Å². The molecule has 1 aromatic heterocycles. The van der Waals surface area contributed by atoms with E-state index in [1.54, 1.807) is 14.0 Å². The average Bonchev–Trinajstić information content (AvgIpc) is 2.73. The Labute approximate surface area is 117 Å². The van der Waals surface area contributed by atoms with Crippen molar-refractivity contribution in [1.29, 1.82) is 0 Å². The van der Waals surface area contributed by atoms with Crippen molar-refractivity contribution < 1.29 is 15.1 Å². The van der Waals surface area contributed by atoms with E-state index in [4.69, 9.17) is 0 Å². The van der Waals surface area contributed by atoms with Crippen LogP contribution in [0.15, 0.2) is 0 Å². The molecule has 1 rings (SSSR count). The largest absolute Gasteiger partial charge is 0.394 e.